The molecule has 5 nitrogen and oxygen atoms in total. The second kappa shape index (κ2) is 10.3. The first-order chi connectivity index (χ1) is 19.1. The van der Waals surface area contributed by atoms with Gasteiger partial charge in [0.15, 0.2) is 5.78 Å². The van der Waals surface area contributed by atoms with Crippen LogP contribution in [0.15, 0.2) is 47.1 Å². The Morgan fingerprint density at radius 1 is 1.07 bits per heavy atom. The summed E-state index contributed by atoms with van der Waals surface area (Å²) in [6.45, 7) is 2.52. The molecule has 4 aliphatic carbocycles. The Hall–Kier alpha value is -2.59. The van der Waals surface area contributed by atoms with Crippen molar-refractivity contribution in [1.29, 1.82) is 0 Å². The van der Waals surface area contributed by atoms with Gasteiger partial charge in [0.05, 0.1) is 0 Å². The van der Waals surface area contributed by atoms with E-state index in [1.807, 2.05) is 19.0 Å². The average molecular weight is 581 g/mol. The predicted octanol–water partition coefficient (Wildman–Crippen LogP) is 5.81. The normalized spacial score (nSPS) is 31.9. The molecule has 2 unspecified atom stereocenters. The first kappa shape index (κ1) is 29.9. The van der Waals surface area contributed by atoms with Crippen LogP contribution in [0.3, 0.4) is 0 Å². The van der Waals surface area contributed by atoms with Crippen LogP contribution in [0.5, 0.6) is 0 Å². The second-order valence-electron chi connectivity index (χ2n) is 12.6. The number of aliphatic hydroxyl groups is 1. The first-order valence-corrected chi connectivity index (χ1v) is 14.3. The van der Waals surface area contributed by atoms with Gasteiger partial charge in [0.25, 0.3) is 5.91 Å². The van der Waals surface area contributed by atoms with E-state index in [0.717, 1.165) is 16.7 Å². The zero-order valence-corrected chi connectivity index (χ0v) is 23.6. The third kappa shape index (κ3) is 4.75. The van der Waals surface area contributed by atoms with Crippen molar-refractivity contribution in [2.45, 2.75) is 75.5 Å². The maximum absolute atomic E-state index is 15.1. The summed E-state index contributed by atoms with van der Waals surface area (Å²) in [5.74, 6) is -6.88. The van der Waals surface area contributed by atoms with Crippen LogP contribution in [-0.2, 0) is 4.79 Å². The summed E-state index contributed by atoms with van der Waals surface area (Å²) in [6.07, 6.45) is -3.00. The molecule has 1 aromatic rings. The molecule has 2 fully saturated rings. The Bertz CT molecular complexity index is 1290. The monoisotopic (exact) mass is 580 g/mol. The second-order valence-corrected chi connectivity index (χ2v) is 12.6. The molecule has 10 heteroatoms. The zero-order chi connectivity index (χ0) is 30.0. The lowest BCUT2D eigenvalue weighted by molar-refractivity contribution is -0.362. The fraction of sp³-hybridized carbons (Fsp3) is 0.613. The summed E-state index contributed by atoms with van der Waals surface area (Å²) < 4.78 is 71.4. The third-order valence-corrected chi connectivity index (χ3v) is 10.2. The lowest BCUT2D eigenvalue weighted by Gasteiger charge is -2.56. The Labute approximate surface area is 236 Å². The van der Waals surface area contributed by atoms with Crippen LogP contribution in [0.2, 0.25) is 0 Å². The van der Waals surface area contributed by atoms with Gasteiger partial charge in [0.2, 0.25) is 0 Å². The van der Waals surface area contributed by atoms with E-state index in [-0.39, 0.29) is 30.4 Å². The predicted molar refractivity (Wildman–Crippen MR) is 144 cm³/mol. The van der Waals surface area contributed by atoms with Crippen LogP contribution in [-0.4, -0.2) is 66.6 Å². The summed E-state index contributed by atoms with van der Waals surface area (Å²) in [4.78, 5) is 26.8. The molecule has 0 radical (unpaired) electrons. The molecule has 0 heterocycles. The lowest BCUT2D eigenvalue weighted by Crippen LogP contribution is -2.65. The van der Waals surface area contributed by atoms with Gasteiger partial charge in [0, 0.05) is 36.4 Å². The number of rotatable bonds is 6. The summed E-state index contributed by atoms with van der Waals surface area (Å²) in [6, 6.07) is 6.76. The molecule has 0 bridgehead atoms. The van der Waals surface area contributed by atoms with E-state index in [4.69, 9.17) is 0 Å². The summed E-state index contributed by atoms with van der Waals surface area (Å²) in [7, 11) is 3.78. The van der Waals surface area contributed by atoms with Crippen LogP contribution in [0.25, 0.3) is 0 Å². The SMILES string of the molecule is CN(C)CCNC(=O)c1ccc([C@H]2CC3(C)[C@@H](CC[C@@]3(O)C(F)(F)C(F)(F)F)C3CCC4=CC(=O)CCC4=C32)cc1. The Morgan fingerprint density at radius 2 is 1.76 bits per heavy atom. The van der Waals surface area contributed by atoms with Crippen molar-refractivity contribution < 1.29 is 36.6 Å². The van der Waals surface area contributed by atoms with Crippen molar-refractivity contribution in [2.24, 2.45) is 17.3 Å². The maximum atomic E-state index is 15.1. The van der Waals surface area contributed by atoms with Gasteiger partial charge in [-0.1, -0.05) is 24.6 Å². The molecule has 2 N–H and O–H groups in total. The van der Waals surface area contributed by atoms with Gasteiger partial charge in [-0.3, -0.25) is 9.59 Å². The summed E-state index contributed by atoms with van der Waals surface area (Å²) >= 11 is 0. The van der Waals surface area contributed by atoms with Crippen LogP contribution in [0.1, 0.15) is 73.7 Å². The molecule has 1 amide bonds. The van der Waals surface area contributed by atoms with E-state index in [1.54, 1.807) is 30.3 Å². The minimum Gasteiger partial charge on any atom is -0.383 e. The van der Waals surface area contributed by atoms with Gasteiger partial charge in [-0.15, -0.1) is 0 Å². The molecule has 2 saturated carbocycles. The number of hydrogen-bond donors (Lipinski definition) is 2. The quantitative estimate of drug-likeness (QED) is 0.417. The number of hydrogen-bond acceptors (Lipinski definition) is 4. The standard InChI is InChI=1S/C31H37F5N2O3/c1-28-17-24(18-4-6-19(7-5-18)27(40)37-14-15-38(2)3)26-22-11-9-21(39)16-20(22)8-10-23(26)25(28)12-13-29(28,41)30(32,33)31(34,35)36/h4-7,16,23-25,41H,8-15,17H2,1-3H3,(H,37,40)/t23?,24-,25+,28?,29+/m1/s1. The lowest BCUT2D eigenvalue weighted by atomic mass is 9.50. The van der Waals surface area contributed by atoms with Gasteiger partial charge in [-0.05, 0) is 99.4 Å². The Balaban J connectivity index is 1.57. The fourth-order valence-electron chi connectivity index (χ4n) is 8.08. The van der Waals surface area contributed by atoms with E-state index >= 15 is 8.78 Å². The molecule has 0 aliphatic heterocycles. The number of nitrogens with one attached hydrogen (secondary N) is 1. The average Bonchev–Trinajstić information content (AvgIpc) is 3.18. The highest BCUT2D eigenvalue weighted by Crippen LogP contribution is 2.70. The number of nitrogens with zero attached hydrogens (tertiary/aromatic N) is 1. The topological polar surface area (TPSA) is 69.6 Å². The van der Waals surface area contributed by atoms with Gasteiger partial charge in [-0.25, -0.2) is 0 Å². The van der Waals surface area contributed by atoms with Gasteiger partial charge in [0.1, 0.15) is 5.60 Å². The van der Waals surface area contributed by atoms with Crippen molar-refractivity contribution in [3.05, 3.63) is 58.2 Å². The summed E-state index contributed by atoms with van der Waals surface area (Å²) in [5.41, 5.74) is -0.912. The fourth-order valence-corrected chi connectivity index (χ4v) is 8.08. The summed E-state index contributed by atoms with van der Waals surface area (Å²) in [5, 5.41) is 14.2. The largest absolute Gasteiger partial charge is 0.456 e. The van der Waals surface area contributed by atoms with Gasteiger partial charge < -0.3 is 15.3 Å². The number of carbonyl (C=O) groups is 2. The maximum Gasteiger partial charge on any atom is 0.456 e. The number of amides is 1. The Morgan fingerprint density at radius 3 is 2.39 bits per heavy atom. The van der Waals surface area contributed by atoms with Crippen LogP contribution < -0.4 is 5.32 Å². The van der Waals surface area contributed by atoms with Crippen molar-refractivity contribution in [3.8, 4) is 0 Å². The molecular weight excluding hydrogens is 543 g/mol. The molecule has 41 heavy (non-hydrogen) atoms. The van der Waals surface area contributed by atoms with Crippen LogP contribution >= 0.6 is 0 Å². The third-order valence-electron chi connectivity index (χ3n) is 10.2. The molecule has 0 spiro atoms. The molecular formula is C31H37F5N2O3. The van der Waals surface area contributed by atoms with Gasteiger partial charge in [-0.2, -0.15) is 22.0 Å². The first-order valence-electron chi connectivity index (χ1n) is 14.3. The van der Waals surface area contributed by atoms with E-state index in [0.29, 0.717) is 49.9 Å². The van der Waals surface area contributed by atoms with Crippen LogP contribution in [0, 0.1) is 17.3 Å². The molecule has 4 aliphatic rings. The number of alkyl halides is 5. The minimum absolute atomic E-state index is 0.0321. The zero-order valence-electron chi connectivity index (χ0n) is 23.6. The smallest absolute Gasteiger partial charge is 0.383 e. The highest BCUT2D eigenvalue weighted by molar-refractivity contribution is 5.94. The highest BCUT2D eigenvalue weighted by atomic mass is 19.4. The highest BCUT2D eigenvalue weighted by Gasteiger charge is 2.79. The van der Waals surface area contributed by atoms with Crippen molar-refractivity contribution in [3.63, 3.8) is 0 Å². The van der Waals surface area contributed by atoms with E-state index in [1.165, 1.54) is 6.92 Å². The van der Waals surface area contributed by atoms with Crippen molar-refractivity contribution in [2.75, 3.05) is 27.2 Å². The molecule has 0 aromatic heterocycles. The number of benzene rings is 1. The molecule has 1 aromatic carbocycles. The van der Waals surface area contributed by atoms with Gasteiger partial charge >= 0.3 is 12.1 Å². The number of ketones is 1. The van der Waals surface area contributed by atoms with E-state index in [9.17, 15) is 27.9 Å². The van der Waals surface area contributed by atoms with E-state index in [2.05, 4.69) is 5.32 Å². The minimum atomic E-state index is -5.89. The van der Waals surface area contributed by atoms with Crippen molar-refractivity contribution in [1.82, 2.24) is 10.2 Å². The molecule has 5 atom stereocenters. The molecule has 5 rings (SSSR count). The molecule has 224 valence electrons. The Kier molecular flexibility index (Phi) is 7.50. The number of carbonyl (C=O) groups excluding carboxylic acids is 2. The molecule has 0 saturated heterocycles. The number of fused-ring (bicyclic) bond motifs is 4. The number of allylic oxidation sites excluding steroid dienone is 4. The number of halogens is 5. The van der Waals surface area contributed by atoms with E-state index < -0.39 is 41.4 Å². The number of likely N-dealkylation sites (N-methyl/N-ethyl adjacent to an activating group) is 1. The van der Waals surface area contributed by atoms with Crippen molar-refractivity contribution >= 4 is 11.7 Å². The van der Waals surface area contributed by atoms with Crippen LogP contribution in [0.4, 0.5) is 22.0 Å².